The number of fused-ring (bicyclic) bond motifs is 1. The van der Waals surface area contributed by atoms with Crippen LogP contribution in [0.2, 0.25) is 0 Å². The van der Waals surface area contributed by atoms with Gasteiger partial charge in [-0.3, -0.25) is 9.36 Å². The number of halogens is 1. The van der Waals surface area contributed by atoms with Crippen LogP contribution in [0, 0.1) is 0 Å². The number of furan rings is 1. The molecule has 1 atom stereocenters. The molecule has 0 bridgehead atoms. The van der Waals surface area contributed by atoms with Crippen LogP contribution in [-0.4, -0.2) is 31.2 Å². The summed E-state index contributed by atoms with van der Waals surface area (Å²) in [5.41, 5.74) is 2.49. The number of carbonyl (C=O) groups excluding carboxylic acids is 1. The molecule has 0 fully saturated rings. The van der Waals surface area contributed by atoms with Crippen molar-refractivity contribution in [2.45, 2.75) is 19.9 Å². The van der Waals surface area contributed by atoms with E-state index in [0.717, 1.165) is 11.3 Å². The van der Waals surface area contributed by atoms with E-state index < -0.39 is 12.0 Å². The van der Waals surface area contributed by atoms with Gasteiger partial charge in [0.1, 0.15) is 5.76 Å². The maximum Gasteiger partial charge on any atom is 0.338 e. The van der Waals surface area contributed by atoms with Gasteiger partial charge in [-0.05, 0) is 59.6 Å². The summed E-state index contributed by atoms with van der Waals surface area (Å²) in [6.07, 6.45) is 1.68. The first-order valence-corrected chi connectivity index (χ1v) is 11.6. The molecule has 1 unspecified atom stereocenters. The zero-order valence-corrected chi connectivity index (χ0v) is 20.5. The highest BCUT2D eigenvalue weighted by Crippen LogP contribution is 2.31. The van der Waals surface area contributed by atoms with Crippen LogP contribution in [0.15, 0.2) is 66.5 Å². The van der Waals surface area contributed by atoms with Gasteiger partial charge in [0.15, 0.2) is 9.47 Å². The number of thiazole rings is 1. The number of carbonyl (C=O) groups is 1. The van der Waals surface area contributed by atoms with E-state index in [0.29, 0.717) is 31.0 Å². The van der Waals surface area contributed by atoms with Crippen LogP contribution >= 0.6 is 27.3 Å². The van der Waals surface area contributed by atoms with Crippen molar-refractivity contribution in [1.29, 1.82) is 0 Å². The van der Waals surface area contributed by atoms with Crippen molar-refractivity contribution in [2.24, 2.45) is 4.99 Å². The Balaban J connectivity index is 1.93. The van der Waals surface area contributed by atoms with Crippen LogP contribution in [0.4, 0.5) is 5.69 Å². The van der Waals surface area contributed by atoms with Gasteiger partial charge in [-0.25, -0.2) is 9.79 Å². The number of ether oxygens (including phenoxy) is 1. The molecule has 9 heteroatoms. The standard InChI is InChI=1S/C23H22BrN3O4S/c1-5-30-22(29)19-13(2)25-23-27(20(19)14-6-8-15(9-7-14)26(3)4)21(28)17(32-23)12-16-10-11-18(24)31-16/h6-12,20H,5H2,1-4H3/b17-12-. The van der Waals surface area contributed by atoms with Crippen LogP contribution in [0.3, 0.4) is 0 Å². The quantitative estimate of drug-likeness (QED) is 0.487. The van der Waals surface area contributed by atoms with Gasteiger partial charge in [0.05, 0.1) is 28.5 Å². The van der Waals surface area contributed by atoms with Crippen LogP contribution in [0.1, 0.15) is 31.2 Å². The Labute approximate surface area is 197 Å². The number of rotatable bonds is 5. The fraction of sp³-hybridized carbons (Fsp3) is 0.261. The molecule has 4 rings (SSSR count). The van der Waals surface area contributed by atoms with Crippen molar-refractivity contribution in [2.75, 3.05) is 25.6 Å². The minimum atomic E-state index is -0.632. The molecule has 1 aliphatic rings. The first kappa shape index (κ1) is 22.3. The molecule has 0 aliphatic carbocycles. The molecule has 0 radical (unpaired) electrons. The molecule has 0 N–H and O–H groups in total. The smallest absolute Gasteiger partial charge is 0.338 e. The third-order valence-electron chi connectivity index (χ3n) is 5.11. The van der Waals surface area contributed by atoms with Gasteiger partial charge in [-0.2, -0.15) is 0 Å². The molecular weight excluding hydrogens is 494 g/mol. The highest BCUT2D eigenvalue weighted by molar-refractivity contribution is 9.10. The number of anilines is 1. The Bertz CT molecular complexity index is 1380. The summed E-state index contributed by atoms with van der Waals surface area (Å²) in [5, 5.41) is 0. The van der Waals surface area contributed by atoms with Crippen molar-refractivity contribution < 1.29 is 13.9 Å². The zero-order valence-electron chi connectivity index (χ0n) is 18.1. The van der Waals surface area contributed by atoms with Crippen molar-refractivity contribution >= 4 is 45.0 Å². The highest BCUT2D eigenvalue weighted by Gasteiger charge is 2.33. The maximum absolute atomic E-state index is 13.5. The Hall–Kier alpha value is -2.91. The van der Waals surface area contributed by atoms with Gasteiger partial charge in [0.2, 0.25) is 0 Å². The molecule has 2 aromatic heterocycles. The first-order chi connectivity index (χ1) is 15.3. The van der Waals surface area contributed by atoms with Gasteiger partial charge < -0.3 is 14.1 Å². The summed E-state index contributed by atoms with van der Waals surface area (Å²) >= 11 is 4.54. The second-order valence-corrected chi connectivity index (χ2v) is 9.22. The fourth-order valence-corrected chi connectivity index (χ4v) is 4.94. The third kappa shape index (κ3) is 4.10. The molecule has 0 saturated carbocycles. The molecule has 1 aromatic carbocycles. The van der Waals surface area contributed by atoms with Gasteiger partial charge in [-0.1, -0.05) is 23.5 Å². The van der Waals surface area contributed by atoms with Crippen LogP contribution in [0.5, 0.6) is 0 Å². The summed E-state index contributed by atoms with van der Waals surface area (Å²) in [4.78, 5) is 33.5. The molecule has 0 amide bonds. The van der Waals surface area contributed by atoms with E-state index in [-0.39, 0.29) is 12.2 Å². The second-order valence-electron chi connectivity index (χ2n) is 7.43. The van der Waals surface area contributed by atoms with Crippen molar-refractivity contribution in [1.82, 2.24) is 4.57 Å². The number of hydrogen-bond donors (Lipinski definition) is 0. The number of allylic oxidation sites excluding steroid dienone is 1. The predicted molar refractivity (Wildman–Crippen MR) is 128 cm³/mol. The zero-order chi connectivity index (χ0) is 23.0. The van der Waals surface area contributed by atoms with Crippen LogP contribution in [-0.2, 0) is 9.53 Å². The van der Waals surface area contributed by atoms with Gasteiger partial charge in [-0.15, -0.1) is 0 Å². The van der Waals surface area contributed by atoms with E-state index in [9.17, 15) is 9.59 Å². The molecular formula is C23H22BrN3O4S. The van der Waals surface area contributed by atoms with Crippen molar-refractivity contribution in [3.05, 3.63) is 83.3 Å². The molecule has 3 heterocycles. The summed E-state index contributed by atoms with van der Waals surface area (Å²) in [7, 11) is 3.92. The van der Waals surface area contributed by atoms with Crippen LogP contribution < -0.4 is 19.8 Å². The number of aromatic nitrogens is 1. The lowest BCUT2D eigenvalue weighted by Crippen LogP contribution is -2.39. The van der Waals surface area contributed by atoms with E-state index in [1.165, 1.54) is 11.3 Å². The summed E-state index contributed by atoms with van der Waals surface area (Å²) in [6.45, 7) is 3.76. The van der Waals surface area contributed by atoms with Crippen LogP contribution in [0.25, 0.3) is 6.08 Å². The van der Waals surface area contributed by atoms with Gasteiger partial charge >= 0.3 is 5.97 Å². The Morgan fingerprint density at radius 1 is 1.28 bits per heavy atom. The van der Waals surface area contributed by atoms with Gasteiger partial charge in [0.25, 0.3) is 5.56 Å². The maximum atomic E-state index is 13.5. The van der Waals surface area contributed by atoms with E-state index in [2.05, 4.69) is 20.9 Å². The first-order valence-electron chi connectivity index (χ1n) is 10.0. The summed E-state index contributed by atoms with van der Waals surface area (Å²) < 4.78 is 13.5. The van der Waals surface area contributed by atoms with E-state index >= 15 is 0 Å². The Morgan fingerprint density at radius 2 is 2.00 bits per heavy atom. The fourth-order valence-electron chi connectivity index (χ4n) is 3.60. The molecule has 0 saturated heterocycles. The number of hydrogen-bond acceptors (Lipinski definition) is 7. The molecule has 7 nitrogen and oxygen atoms in total. The second kappa shape index (κ2) is 8.91. The SMILES string of the molecule is CCOC(=O)C1=C(C)N=c2s/c(=C\c3ccc(Br)o3)c(=O)n2C1c1ccc(N(C)C)cc1. The minimum absolute atomic E-state index is 0.236. The molecule has 166 valence electrons. The summed E-state index contributed by atoms with van der Waals surface area (Å²) in [5.74, 6) is 0.0787. The van der Waals surface area contributed by atoms with E-state index in [1.54, 1.807) is 36.6 Å². The average Bonchev–Trinajstić information content (AvgIpc) is 3.30. The lowest BCUT2D eigenvalue weighted by molar-refractivity contribution is -0.139. The van der Waals surface area contributed by atoms with Gasteiger partial charge in [0, 0.05) is 25.9 Å². The number of nitrogens with zero attached hydrogens (tertiary/aromatic N) is 3. The van der Waals surface area contributed by atoms with Crippen molar-refractivity contribution in [3.63, 3.8) is 0 Å². The molecule has 3 aromatic rings. The minimum Gasteiger partial charge on any atom is -0.463 e. The Morgan fingerprint density at radius 3 is 2.59 bits per heavy atom. The van der Waals surface area contributed by atoms with E-state index in [4.69, 9.17) is 9.15 Å². The Kier molecular flexibility index (Phi) is 6.21. The number of benzene rings is 1. The largest absolute Gasteiger partial charge is 0.463 e. The molecule has 32 heavy (non-hydrogen) atoms. The van der Waals surface area contributed by atoms with Crippen molar-refractivity contribution in [3.8, 4) is 0 Å². The highest BCUT2D eigenvalue weighted by atomic mass is 79.9. The molecule has 0 spiro atoms. The predicted octanol–water partition coefficient (Wildman–Crippen LogP) is 3.22. The normalized spacial score (nSPS) is 16.0. The van der Waals surface area contributed by atoms with E-state index in [1.807, 2.05) is 43.3 Å². The third-order valence-corrected chi connectivity index (χ3v) is 6.52. The monoisotopic (exact) mass is 515 g/mol. The lowest BCUT2D eigenvalue weighted by atomic mass is 9.95. The lowest BCUT2D eigenvalue weighted by Gasteiger charge is -2.25. The average molecular weight is 516 g/mol. The summed E-state index contributed by atoms with van der Waals surface area (Å²) in [6, 6.07) is 10.7. The molecule has 1 aliphatic heterocycles. The number of esters is 1. The topological polar surface area (TPSA) is 77.0 Å².